The molecule has 1 saturated heterocycles. The van der Waals surface area contributed by atoms with Crippen LogP contribution in [0.15, 0.2) is 25.3 Å². The second kappa shape index (κ2) is 28.2. The van der Waals surface area contributed by atoms with Gasteiger partial charge in [-0.1, -0.05) is 56.7 Å². The number of aliphatic hydroxyl groups is 3. The molecule has 0 aromatic carbocycles. The van der Waals surface area contributed by atoms with Crippen molar-refractivity contribution in [1.29, 1.82) is 0 Å². The van der Waals surface area contributed by atoms with Crippen molar-refractivity contribution >= 4 is 11.9 Å². The van der Waals surface area contributed by atoms with E-state index in [0.29, 0.717) is 32.4 Å². The maximum atomic E-state index is 11.0. The van der Waals surface area contributed by atoms with Gasteiger partial charge in [0.15, 0.2) is 6.29 Å². The van der Waals surface area contributed by atoms with E-state index in [9.17, 15) is 19.8 Å². The summed E-state index contributed by atoms with van der Waals surface area (Å²) in [6.45, 7) is 12.9. The molecule has 1 rings (SSSR count). The molecule has 38 heavy (non-hydrogen) atoms. The van der Waals surface area contributed by atoms with E-state index in [4.69, 9.17) is 24.1 Å². The average molecular weight is 554 g/mol. The molecule has 0 spiro atoms. The lowest BCUT2D eigenvalue weighted by atomic mass is 10.1. The van der Waals surface area contributed by atoms with E-state index in [1.807, 2.05) is 13.8 Å². The number of esters is 1. The number of hydrogen-bond donors (Lipinski definition) is 4. The molecule has 1 heterocycles. The Morgan fingerprint density at radius 2 is 1.68 bits per heavy atom. The van der Waals surface area contributed by atoms with Crippen LogP contribution in [0.1, 0.15) is 82.6 Å². The molecule has 0 saturated carbocycles. The third-order valence-corrected chi connectivity index (χ3v) is 5.00. The average Bonchev–Trinajstić information content (AvgIpc) is 2.84. The van der Waals surface area contributed by atoms with E-state index in [1.54, 1.807) is 6.92 Å². The zero-order valence-electron chi connectivity index (χ0n) is 20.7. The van der Waals surface area contributed by atoms with Crippen molar-refractivity contribution in [2.45, 2.75) is 119 Å². The first-order valence-corrected chi connectivity index (χ1v) is 11.8. The van der Waals surface area contributed by atoms with Gasteiger partial charge >= 0.3 is 5.97 Å². The number of carbonyl (C=O) groups excluding carboxylic acids is 2. The molecular weight excluding hydrogens is 494 g/mol. The predicted octanol–water partition coefficient (Wildman–Crippen LogP) is 3.77. The third kappa shape index (κ3) is 23.3. The van der Waals surface area contributed by atoms with Crippen molar-refractivity contribution in [3.63, 3.8) is 0 Å². The standard InChI is InChI=1S/C12H21NO4.C12H22O5.4CH4/c1-3-9(14)7-10-5-6-16-12(17-10)8-13-11(15)4-2;1-4-10(14)6-9(3)17-11(7-13)8-16-12(15)5-2;;;;/h4,9-10,12,14H,2-3,5-8H2,1H3,(H,13,15);5,9-11,13-14H,2,4,6-8H2,1,3H3;4*1H4. The van der Waals surface area contributed by atoms with Gasteiger partial charge in [-0.25, -0.2) is 4.79 Å². The number of aliphatic hydroxyl groups excluding tert-OH is 3. The summed E-state index contributed by atoms with van der Waals surface area (Å²) < 4.78 is 21.2. The van der Waals surface area contributed by atoms with Crippen LogP contribution in [0, 0.1) is 0 Å². The van der Waals surface area contributed by atoms with Gasteiger partial charge in [0.05, 0.1) is 44.2 Å². The van der Waals surface area contributed by atoms with E-state index < -0.39 is 24.5 Å². The number of nitrogens with one attached hydrogen (secondary N) is 1. The van der Waals surface area contributed by atoms with Gasteiger partial charge in [-0.3, -0.25) is 4.79 Å². The summed E-state index contributed by atoms with van der Waals surface area (Å²) in [4.78, 5) is 21.8. The number of ether oxygens (including phenoxy) is 4. The first-order chi connectivity index (χ1) is 16.2. The minimum Gasteiger partial charge on any atom is -0.460 e. The number of rotatable bonds is 15. The van der Waals surface area contributed by atoms with Gasteiger partial charge in [-0.15, -0.1) is 0 Å². The summed E-state index contributed by atoms with van der Waals surface area (Å²) in [5.74, 6) is -0.791. The molecule has 0 aromatic heterocycles. The smallest absolute Gasteiger partial charge is 0.330 e. The van der Waals surface area contributed by atoms with E-state index in [1.165, 1.54) is 6.08 Å². The maximum Gasteiger partial charge on any atom is 0.330 e. The van der Waals surface area contributed by atoms with Gasteiger partial charge in [0, 0.05) is 6.08 Å². The summed E-state index contributed by atoms with van der Waals surface area (Å²) in [5, 5.41) is 30.6. The van der Waals surface area contributed by atoms with Gasteiger partial charge in [0.1, 0.15) is 12.7 Å². The highest BCUT2D eigenvalue weighted by atomic mass is 16.7. The van der Waals surface area contributed by atoms with Crippen molar-refractivity contribution in [2.24, 2.45) is 0 Å². The quantitative estimate of drug-likeness (QED) is 0.176. The van der Waals surface area contributed by atoms with Crippen LogP contribution >= 0.6 is 0 Å². The van der Waals surface area contributed by atoms with Gasteiger partial charge < -0.3 is 39.6 Å². The van der Waals surface area contributed by atoms with Crippen LogP contribution in [-0.4, -0.2) is 90.4 Å². The van der Waals surface area contributed by atoms with Gasteiger partial charge in [0.25, 0.3) is 0 Å². The fraction of sp³-hybridized carbons (Fsp3) is 0.786. The molecule has 0 bridgehead atoms. The Balaban J connectivity index is -0.000000173. The van der Waals surface area contributed by atoms with E-state index in [-0.39, 0.29) is 67.1 Å². The Morgan fingerprint density at radius 1 is 1.08 bits per heavy atom. The largest absolute Gasteiger partial charge is 0.460 e. The molecule has 0 aromatic rings. The minimum absolute atomic E-state index is 0. The summed E-state index contributed by atoms with van der Waals surface area (Å²) in [6, 6.07) is 0. The maximum absolute atomic E-state index is 11.0. The number of hydrogen-bond acceptors (Lipinski definition) is 9. The van der Waals surface area contributed by atoms with Gasteiger partial charge in [0.2, 0.25) is 5.91 Å². The highest BCUT2D eigenvalue weighted by Crippen LogP contribution is 2.17. The highest BCUT2D eigenvalue weighted by molar-refractivity contribution is 5.86. The number of amides is 1. The molecule has 4 N–H and O–H groups in total. The molecule has 10 heteroatoms. The molecule has 1 amide bonds. The molecular formula is C28H59NO9. The molecule has 6 unspecified atom stereocenters. The Morgan fingerprint density at radius 3 is 2.18 bits per heavy atom. The van der Waals surface area contributed by atoms with Crippen LogP contribution < -0.4 is 5.32 Å². The molecule has 0 radical (unpaired) electrons. The Kier molecular flexibility index (Phi) is 34.2. The van der Waals surface area contributed by atoms with Crippen molar-refractivity contribution < 1.29 is 43.9 Å². The second-order valence-corrected chi connectivity index (χ2v) is 7.98. The Labute approximate surface area is 232 Å². The summed E-state index contributed by atoms with van der Waals surface area (Å²) in [5.41, 5.74) is 0. The lowest BCUT2D eigenvalue weighted by molar-refractivity contribution is -0.214. The predicted molar refractivity (Wildman–Crippen MR) is 154 cm³/mol. The topological polar surface area (TPSA) is 144 Å². The van der Waals surface area contributed by atoms with E-state index >= 15 is 0 Å². The molecule has 6 atom stereocenters. The molecule has 1 aliphatic rings. The van der Waals surface area contributed by atoms with Crippen LogP contribution in [0.4, 0.5) is 0 Å². The molecule has 1 aliphatic heterocycles. The summed E-state index contributed by atoms with van der Waals surface area (Å²) in [6.07, 6.45) is 3.58. The molecule has 230 valence electrons. The Hall–Kier alpha value is -1.82. The van der Waals surface area contributed by atoms with Crippen LogP contribution in [0.5, 0.6) is 0 Å². The van der Waals surface area contributed by atoms with Gasteiger partial charge in [-0.05, 0) is 45.1 Å². The number of carbonyl (C=O) groups is 2. The normalized spacial score (nSPS) is 18.9. The van der Waals surface area contributed by atoms with Crippen LogP contribution in [0.3, 0.4) is 0 Å². The zero-order valence-corrected chi connectivity index (χ0v) is 20.7. The van der Waals surface area contributed by atoms with Crippen molar-refractivity contribution in [2.75, 3.05) is 26.4 Å². The van der Waals surface area contributed by atoms with Crippen LogP contribution in [0.25, 0.3) is 0 Å². The van der Waals surface area contributed by atoms with Gasteiger partial charge in [-0.2, -0.15) is 0 Å². The fourth-order valence-electron chi connectivity index (χ4n) is 2.96. The minimum atomic E-state index is -0.571. The summed E-state index contributed by atoms with van der Waals surface area (Å²) >= 11 is 0. The first-order valence-electron chi connectivity index (χ1n) is 11.8. The van der Waals surface area contributed by atoms with Crippen molar-refractivity contribution in [1.82, 2.24) is 5.32 Å². The molecule has 0 aliphatic carbocycles. The monoisotopic (exact) mass is 553 g/mol. The second-order valence-electron chi connectivity index (χ2n) is 7.98. The SMILES string of the molecule is C.C.C.C.C=CC(=O)NCC1OCCC(CC(O)CC)O1.C=CC(=O)OCC(CO)OC(C)CC(O)CC. The molecule has 10 nitrogen and oxygen atoms in total. The third-order valence-electron chi connectivity index (χ3n) is 5.00. The lowest BCUT2D eigenvalue weighted by Gasteiger charge is -2.31. The summed E-state index contributed by atoms with van der Waals surface area (Å²) in [7, 11) is 0. The first kappa shape index (κ1) is 46.1. The fourth-order valence-corrected chi connectivity index (χ4v) is 2.96. The van der Waals surface area contributed by atoms with E-state index in [2.05, 4.69) is 18.5 Å². The van der Waals surface area contributed by atoms with Crippen molar-refractivity contribution in [3.05, 3.63) is 25.3 Å². The Bertz CT molecular complexity index is 565. The lowest BCUT2D eigenvalue weighted by Crippen LogP contribution is -2.41. The highest BCUT2D eigenvalue weighted by Gasteiger charge is 2.24. The van der Waals surface area contributed by atoms with Crippen LogP contribution in [0.2, 0.25) is 0 Å². The van der Waals surface area contributed by atoms with Crippen molar-refractivity contribution in [3.8, 4) is 0 Å². The molecule has 1 fully saturated rings. The van der Waals surface area contributed by atoms with Crippen LogP contribution in [-0.2, 0) is 28.5 Å². The van der Waals surface area contributed by atoms with E-state index in [0.717, 1.165) is 18.9 Å². The zero-order chi connectivity index (χ0) is 25.9.